The smallest absolute Gasteiger partial charge is 0.156 e. The Balaban J connectivity index is 2.36. The Kier molecular flexibility index (Phi) is 2.44. The van der Waals surface area contributed by atoms with E-state index in [2.05, 4.69) is 4.98 Å². The standard InChI is InChI=1S/C16H14FN/c1-10-6-5-7-11(2)14(10)16-15(17)12-8-3-4-9-13(12)18-16/h3-9,18H,1-2H3. The summed E-state index contributed by atoms with van der Waals surface area (Å²) in [5.74, 6) is -0.164. The van der Waals surface area contributed by atoms with Crippen molar-refractivity contribution in [3.63, 3.8) is 0 Å². The van der Waals surface area contributed by atoms with Crippen LogP contribution in [0, 0.1) is 19.7 Å². The lowest BCUT2D eigenvalue weighted by molar-refractivity contribution is 0.643. The van der Waals surface area contributed by atoms with Crippen molar-refractivity contribution in [3.8, 4) is 11.3 Å². The molecule has 2 heteroatoms. The molecule has 2 aromatic carbocycles. The topological polar surface area (TPSA) is 15.8 Å². The van der Waals surface area contributed by atoms with Gasteiger partial charge in [0.15, 0.2) is 5.82 Å². The molecule has 0 saturated carbocycles. The van der Waals surface area contributed by atoms with Gasteiger partial charge < -0.3 is 4.98 Å². The monoisotopic (exact) mass is 239 g/mol. The molecule has 0 fully saturated rings. The molecule has 0 unspecified atom stereocenters. The number of H-pyrrole nitrogens is 1. The number of aryl methyl sites for hydroxylation is 2. The van der Waals surface area contributed by atoms with E-state index in [1.165, 1.54) is 0 Å². The third-order valence-corrected chi connectivity index (χ3v) is 3.37. The van der Waals surface area contributed by atoms with Crippen molar-refractivity contribution in [1.29, 1.82) is 0 Å². The van der Waals surface area contributed by atoms with Crippen molar-refractivity contribution in [2.45, 2.75) is 13.8 Å². The number of para-hydroxylation sites is 1. The molecule has 0 saturated heterocycles. The molecule has 0 amide bonds. The first-order chi connectivity index (χ1) is 8.68. The number of aromatic nitrogens is 1. The van der Waals surface area contributed by atoms with Crippen LogP contribution >= 0.6 is 0 Å². The third kappa shape index (κ3) is 1.53. The molecule has 90 valence electrons. The van der Waals surface area contributed by atoms with Gasteiger partial charge in [-0.2, -0.15) is 0 Å². The second-order valence-corrected chi connectivity index (χ2v) is 4.63. The molecule has 1 heterocycles. The van der Waals surface area contributed by atoms with Crippen LogP contribution < -0.4 is 0 Å². The normalized spacial score (nSPS) is 11.1. The number of hydrogen-bond acceptors (Lipinski definition) is 0. The molecule has 0 spiro atoms. The van der Waals surface area contributed by atoms with E-state index in [1.807, 2.05) is 50.2 Å². The quantitative estimate of drug-likeness (QED) is 0.639. The average molecular weight is 239 g/mol. The van der Waals surface area contributed by atoms with Crippen LogP contribution in [0.3, 0.4) is 0 Å². The van der Waals surface area contributed by atoms with Gasteiger partial charge >= 0.3 is 0 Å². The molecule has 1 aromatic heterocycles. The van der Waals surface area contributed by atoms with Crippen LogP contribution in [-0.4, -0.2) is 4.98 Å². The van der Waals surface area contributed by atoms with Crippen molar-refractivity contribution in [2.75, 3.05) is 0 Å². The maximum absolute atomic E-state index is 14.4. The fourth-order valence-corrected chi connectivity index (χ4v) is 2.49. The molecule has 18 heavy (non-hydrogen) atoms. The predicted molar refractivity (Wildman–Crippen MR) is 73.2 cm³/mol. The van der Waals surface area contributed by atoms with Crippen LogP contribution in [0.15, 0.2) is 42.5 Å². The first-order valence-electron chi connectivity index (χ1n) is 6.01. The van der Waals surface area contributed by atoms with Crippen molar-refractivity contribution >= 4 is 10.9 Å². The Morgan fingerprint density at radius 2 is 1.56 bits per heavy atom. The lowest BCUT2D eigenvalue weighted by atomic mass is 10.00. The Labute approximate surface area is 105 Å². The van der Waals surface area contributed by atoms with Crippen molar-refractivity contribution in [3.05, 3.63) is 59.4 Å². The summed E-state index contributed by atoms with van der Waals surface area (Å²) in [4.78, 5) is 3.19. The van der Waals surface area contributed by atoms with Crippen LogP contribution in [0.5, 0.6) is 0 Å². The van der Waals surface area contributed by atoms with Gasteiger partial charge in [-0.3, -0.25) is 0 Å². The van der Waals surface area contributed by atoms with Gasteiger partial charge in [0.1, 0.15) is 0 Å². The van der Waals surface area contributed by atoms with E-state index >= 15 is 0 Å². The van der Waals surface area contributed by atoms with Crippen LogP contribution in [0.4, 0.5) is 4.39 Å². The Hall–Kier alpha value is -2.09. The fraction of sp³-hybridized carbons (Fsp3) is 0.125. The summed E-state index contributed by atoms with van der Waals surface area (Å²) in [6, 6.07) is 13.5. The zero-order chi connectivity index (χ0) is 12.7. The van der Waals surface area contributed by atoms with E-state index in [0.29, 0.717) is 11.1 Å². The zero-order valence-electron chi connectivity index (χ0n) is 10.4. The Morgan fingerprint density at radius 1 is 0.889 bits per heavy atom. The van der Waals surface area contributed by atoms with E-state index < -0.39 is 0 Å². The van der Waals surface area contributed by atoms with Gasteiger partial charge in [-0.25, -0.2) is 4.39 Å². The van der Waals surface area contributed by atoms with Gasteiger partial charge in [-0.05, 0) is 37.1 Å². The number of benzene rings is 2. The van der Waals surface area contributed by atoms with Gasteiger partial charge in [0.25, 0.3) is 0 Å². The summed E-state index contributed by atoms with van der Waals surface area (Å²) >= 11 is 0. The fourth-order valence-electron chi connectivity index (χ4n) is 2.49. The second kappa shape index (κ2) is 3.98. The van der Waals surface area contributed by atoms with E-state index in [4.69, 9.17) is 0 Å². The summed E-state index contributed by atoms with van der Waals surface area (Å²) in [5, 5.41) is 0.648. The largest absolute Gasteiger partial charge is 0.352 e. The molecule has 1 nitrogen and oxygen atoms in total. The number of halogens is 1. The maximum atomic E-state index is 14.4. The predicted octanol–water partition coefficient (Wildman–Crippen LogP) is 4.59. The van der Waals surface area contributed by atoms with Crippen LogP contribution in [-0.2, 0) is 0 Å². The lowest BCUT2D eigenvalue weighted by Crippen LogP contribution is -1.89. The van der Waals surface area contributed by atoms with Crippen LogP contribution in [0.2, 0.25) is 0 Å². The van der Waals surface area contributed by atoms with Crippen LogP contribution in [0.25, 0.3) is 22.2 Å². The summed E-state index contributed by atoms with van der Waals surface area (Å²) in [7, 11) is 0. The highest BCUT2D eigenvalue weighted by Crippen LogP contribution is 2.32. The summed E-state index contributed by atoms with van der Waals surface area (Å²) in [6.07, 6.45) is 0. The lowest BCUT2D eigenvalue weighted by Gasteiger charge is -2.07. The number of nitrogens with one attached hydrogen (secondary N) is 1. The molecular weight excluding hydrogens is 225 g/mol. The van der Waals surface area contributed by atoms with Crippen LogP contribution in [0.1, 0.15) is 11.1 Å². The number of aromatic amines is 1. The molecule has 0 atom stereocenters. The number of rotatable bonds is 1. The van der Waals surface area contributed by atoms with Crippen molar-refractivity contribution < 1.29 is 4.39 Å². The summed E-state index contributed by atoms with van der Waals surface area (Å²) < 4.78 is 14.4. The molecule has 0 aliphatic carbocycles. The average Bonchev–Trinajstić information content (AvgIpc) is 2.68. The molecule has 0 radical (unpaired) electrons. The molecule has 3 rings (SSSR count). The van der Waals surface area contributed by atoms with E-state index in [9.17, 15) is 4.39 Å². The third-order valence-electron chi connectivity index (χ3n) is 3.37. The summed E-state index contributed by atoms with van der Waals surface area (Å²) in [6.45, 7) is 4.01. The molecule has 0 aliphatic rings. The highest BCUT2D eigenvalue weighted by atomic mass is 19.1. The minimum absolute atomic E-state index is 0.164. The SMILES string of the molecule is Cc1cccc(C)c1-c1[nH]c2ccccc2c1F. The van der Waals surface area contributed by atoms with Gasteiger partial charge in [0, 0.05) is 16.5 Å². The van der Waals surface area contributed by atoms with Gasteiger partial charge in [0.2, 0.25) is 0 Å². The Bertz CT molecular complexity index is 705. The maximum Gasteiger partial charge on any atom is 0.156 e. The summed E-state index contributed by atoms with van der Waals surface area (Å²) in [5.41, 5.74) is 4.56. The second-order valence-electron chi connectivity index (χ2n) is 4.63. The van der Waals surface area contributed by atoms with Crippen molar-refractivity contribution in [1.82, 2.24) is 4.98 Å². The molecule has 0 bridgehead atoms. The van der Waals surface area contributed by atoms with Crippen molar-refractivity contribution in [2.24, 2.45) is 0 Å². The van der Waals surface area contributed by atoms with Gasteiger partial charge in [-0.1, -0.05) is 30.3 Å². The highest BCUT2D eigenvalue weighted by molar-refractivity contribution is 5.88. The van der Waals surface area contributed by atoms with E-state index in [0.717, 1.165) is 22.2 Å². The molecule has 3 aromatic rings. The first kappa shape index (κ1) is 11.0. The highest BCUT2D eigenvalue weighted by Gasteiger charge is 2.15. The zero-order valence-corrected chi connectivity index (χ0v) is 10.4. The number of fused-ring (bicyclic) bond motifs is 1. The molecule has 0 aliphatic heterocycles. The number of hydrogen-bond donors (Lipinski definition) is 1. The van der Waals surface area contributed by atoms with E-state index in [-0.39, 0.29) is 5.82 Å². The van der Waals surface area contributed by atoms with E-state index in [1.54, 1.807) is 6.07 Å². The van der Waals surface area contributed by atoms with Gasteiger partial charge in [-0.15, -0.1) is 0 Å². The Morgan fingerprint density at radius 3 is 2.22 bits per heavy atom. The first-order valence-corrected chi connectivity index (χ1v) is 6.01. The molecule has 1 N–H and O–H groups in total. The molecular formula is C16H14FN. The minimum atomic E-state index is -0.164. The van der Waals surface area contributed by atoms with Gasteiger partial charge in [0.05, 0.1) is 5.69 Å². The minimum Gasteiger partial charge on any atom is -0.352 e.